The lowest BCUT2D eigenvalue weighted by molar-refractivity contribution is -0.140. The Balaban J connectivity index is 1.32. The number of aromatic hydroxyl groups is 1. The number of methoxy groups -OCH3 is 2. The highest BCUT2D eigenvalue weighted by molar-refractivity contribution is 14.1. The maximum absolute atomic E-state index is 13.9. The smallest absolute Gasteiger partial charge is 0.455 e. The van der Waals surface area contributed by atoms with Gasteiger partial charge in [0.25, 0.3) is 0 Å². The second-order valence-electron chi connectivity index (χ2n) is 11.7. The Kier molecular flexibility index (Phi) is 9.81. The van der Waals surface area contributed by atoms with Gasteiger partial charge in [-0.25, -0.2) is 0 Å². The number of thiophene rings is 1. The molecule has 234 valence electrons. The van der Waals surface area contributed by atoms with Crippen molar-refractivity contribution >= 4 is 64.5 Å². The van der Waals surface area contributed by atoms with Gasteiger partial charge in [-0.15, -0.1) is 11.3 Å². The fraction of sp³-hybridized carbons (Fsp3) is 0.353. The maximum Gasteiger partial charge on any atom is 0.455 e. The van der Waals surface area contributed by atoms with Crippen molar-refractivity contribution in [3.63, 3.8) is 0 Å². The summed E-state index contributed by atoms with van der Waals surface area (Å²) < 4.78 is 17.9. The molecule has 4 atom stereocenters. The summed E-state index contributed by atoms with van der Waals surface area (Å²) in [5.41, 5.74) is 4.97. The zero-order chi connectivity index (χ0) is 31.7. The average Bonchev–Trinajstić information content (AvgIpc) is 3.63. The van der Waals surface area contributed by atoms with Crippen molar-refractivity contribution in [1.82, 2.24) is 4.90 Å². The Labute approximate surface area is 281 Å². The molecule has 0 unspecified atom stereocenters. The van der Waals surface area contributed by atoms with E-state index in [4.69, 9.17) is 14.1 Å². The van der Waals surface area contributed by atoms with Gasteiger partial charge in [0.15, 0.2) is 11.5 Å². The molecule has 6 rings (SSSR count). The largest absolute Gasteiger partial charge is 0.504 e. The summed E-state index contributed by atoms with van der Waals surface area (Å²) >= 11 is 3.62. The van der Waals surface area contributed by atoms with Crippen molar-refractivity contribution < 1.29 is 33.8 Å². The summed E-state index contributed by atoms with van der Waals surface area (Å²) in [5, 5.41) is 23.3. The molecule has 0 spiro atoms. The molecule has 8 nitrogen and oxygen atoms in total. The summed E-state index contributed by atoms with van der Waals surface area (Å²) in [7, 11) is 2.12. The van der Waals surface area contributed by atoms with E-state index in [2.05, 4.69) is 40.8 Å². The number of rotatable bonds is 10. The number of carbonyl (C=O) groups is 2. The summed E-state index contributed by atoms with van der Waals surface area (Å²) in [6.45, 7) is 0.614. The first-order valence-electron chi connectivity index (χ1n) is 15.0. The lowest BCUT2D eigenvalue weighted by atomic mass is 9.58. The zero-order valence-corrected chi connectivity index (χ0v) is 28.1. The van der Waals surface area contributed by atoms with Crippen LogP contribution in [0.2, 0.25) is 6.32 Å². The highest BCUT2D eigenvalue weighted by atomic mass is 127. The van der Waals surface area contributed by atoms with E-state index in [9.17, 15) is 19.7 Å². The van der Waals surface area contributed by atoms with Crippen LogP contribution >= 0.6 is 33.9 Å². The van der Waals surface area contributed by atoms with Crippen molar-refractivity contribution in [2.45, 2.75) is 38.2 Å². The van der Waals surface area contributed by atoms with Crippen LogP contribution in [0.15, 0.2) is 71.1 Å². The Hall–Kier alpha value is -2.97. The number of halogens is 1. The molecule has 3 aliphatic rings. The van der Waals surface area contributed by atoms with E-state index in [1.165, 1.54) is 23.3 Å². The first kappa shape index (κ1) is 32.0. The molecule has 1 aliphatic carbocycles. The van der Waals surface area contributed by atoms with Gasteiger partial charge >= 0.3 is 7.12 Å². The second kappa shape index (κ2) is 13.8. The van der Waals surface area contributed by atoms with Crippen molar-refractivity contribution in [2.75, 3.05) is 20.8 Å². The zero-order valence-electron chi connectivity index (χ0n) is 25.1. The molecule has 2 aliphatic heterocycles. The van der Waals surface area contributed by atoms with Crippen LogP contribution in [0.1, 0.15) is 35.3 Å². The van der Waals surface area contributed by atoms with Crippen LogP contribution in [0.3, 0.4) is 0 Å². The summed E-state index contributed by atoms with van der Waals surface area (Å²) in [6, 6.07) is 17.6. The minimum Gasteiger partial charge on any atom is -0.504 e. The van der Waals surface area contributed by atoms with Crippen molar-refractivity contribution in [3.8, 4) is 11.5 Å². The van der Waals surface area contributed by atoms with Crippen molar-refractivity contribution in [2.24, 2.45) is 17.8 Å². The number of amides is 2. The summed E-state index contributed by atoms with van der Waals surface area (Å²) in [5.74, 6) is -1.09. The maximum atomic E-state index is 13.9. The highest BCUT2D eigenvalue weighted by Gasteiger charge is 2.57. The number of phenolic OH excluding ortho intramolecular Hbond substituents is 1. The minimum absolute atomic E-state index is 0.106. The molecule has 11 heteroatoms. The quantitative estimate of drug-likeness (QED) is 0.0861. The number of nitrogens with zero attached hydrogens (tertiary/aromatic N) is 1. The third-order valence-electron chi connectivity index (χ3n) is 9.04. The number of imide groups is 1. The number of allylic oxidation sites excluding steroid dienone is 1. The van der Waals surface area contributed by atoms with Crippen molar-refractivity contribution in [1.29, 1.82) is 0 Å². The minimum atomic E-state index is -1.05. The van der Waals surface area contributed by atoms with Gasteiger partial charge in [-0.05, 0) is 106 Å². The molecule has 45 heavy (non-hydrogen) atoms. The normalized spacial score (nSPS) is 23.4. The molecule has 2 N–H and O–H groups in total. The van der Waals surface area contributed by atoms with Gasteiger partial charge in [0.1, 0.15) is 0 Å². The number of likely N-dealkylation sites (tertiary alicyclic amines) is 1. The third kappa shape index (κ3) is 6.51. The Bertz CT molecular complexity index is 1630. The molecule has 3 heterocycles. The van der Waals surface area contributed by atoms with Gasteiger partial charge in [0.05, 0.1) is 41.8 Å². The highest BCUT2D eigenvalue weighted by Crippen LogP contribution is 2.51. The fourth-order valence-corrected chi connectivity index (χ4v) is 8.44. The predicted molar refractivity (Wildman–Crippen MR) is 182 cm³/mol. The average molecular weight is 739 g/mol. The van der Waals surface area contributed by atoms with Crippen LogP contribution in [0, 0.1) is 21.3 Å². The second-order valence-corrected chi connectivity index (χ2v) is 13.9. The van der Waals surface area contributed by atoms with Crippen LogP contribution in [-0.4, -0.2) is 60.9 Å². The first-order chi connectivity index (χ1) is 21.8. The van der Waals surface area contributed by atoms with Gasteiger partial charge in [-0.2, -0.15) is 0 Å². The lowest BCUT2D eigenvalue weighted by Crippen LogP contribution is -2.46. The number of carbonyl (C=O) groups excluding carboxylic acids is 2. The Morgan fingerprint density at radius 2 is 1.93 bits per heavy atom. The van der Waals surface area contributed by atoms with Gasteiger partial charge in [0, 0.05) is 12.0 Å². The van der Waals surface area contributed by atoms with E-state index in [0.717, 1.165) is 32.7 Å². The van der Waals surface area contributed by atoms with Crippen LogP contribution < -0.4 is 4.74 Å². The van der Waals surface area contributed by atoms with Crippen LogP contribution in [0.5, 0.6) is 11.5 Å². The summed E-state index contributed by atoms with van der Waals surface area (Å²) in [4.78, 5) is 29.9. The molecule has 0 radical (unpaired) electrons. The molecule has 2 aromatic carbocycles. The number of phenols is 1. The van der Waals surface area contributed by atoms with E-state index >= 15 is 0 Å². The van der Waals surface area contributed by atoms with Crippen LogP contribution in [-0.2, 0) is 25.5 Å². The van der Waals surface area contributed by atoms with Gasteiger partial charge in [-0.1, -0.05) is 42.5 Å². The van der Waals surface area contributed by atoms with Crippen molar-refractivity contribution in [3.05, 3.63) is 90.7 Å². The van der Waals surface area contributed by atoms with Gasteiger partial charge in [-0.3, -0.25) is 14.5 Å². The van der Waals surface area contributed by atoms with E-state index in [-0.39, 0.29) is 36.3 Å². The third-order valence-corrected chi connectivity index (χ3v) is 10.7. The molecule has 3 aromatic rings. The van der Waals surface area contributed by atoms with E-state index < -0.39 is 25.1 Å². The summed E-state index contributed by atoms with van der Waals surface area (Å²) in [6.07, 6.45) is 3.52. The van der Waals surface area contributed by atoms with Crippen LogP contribution in [0.4, 0.5) is 0 Å². The molecule has 2 amide bonds. The number of ether oxygens (including phenoxy) is 2. The topological polar surface area (TPSA) is 106 Å². The monoisotopic (exact) mass is 739 g/mol. The Morgan fingerprint density at radius 1 is 1.13 bits per heavy atom. The molecule has 0 bridgehead atoms. The van der Waals surface area contributed by atoms with E-state index in [1.54, 1.807) is 7.11 Å². The molecule has 2 saturated heterocycles. The van der Waals surface area contributed by atoms with Crippen LogP contribution in [0.25, 0.3) is 11.6 Å². The number of benzene rings is 2. The number of hydrogen-bond donors (Lipinski definition) is 2. The standard InChI is InChI=1S/C34H35BINO7S/c1-42-19-23-16-25-31(34(40)37(33(25)39)18-24-9-6-12-45-24)26-17-35(41)44-28(30(23)26)11-10-22(21-7-4-3-5-8-21)13-20-14-27(36)32(38)29(15-20)43-2/h3-9,12-15,25-26,28,31,38,41H,10-11,16-19H2,1-2H3/b22-13-/t25-,26+,28-,31-/m1/s1. The molecule has 0 saturated carbocycles. The van der Waals surface area contributed by atoms with Gasteiger partial charge in [0.2, 0.25) is 11.8 Å². The van der Waals surface area contributed by atoms with E-state index in [0.29, 0.717) is 35.2 Å². The fourth-order valence-electron chi connectivity index (χ4n) is 7.12. The lowest BCUT2D eigenvalue weighted by Gasteiger charge is -2.43. The van der Waals surface area contributed by atoms with Gasteiger partial charge < -0.3 is 24.3 Å². The Morgan fingerprint density at radius 3 is 2.64 bits per heavy atom. The SMILES string of the molecule is COCC1=C2[C@@H](CC/C(=C/c3cc(I)c(O)c(OC)c3)c3ccccc3)OB(O)C[C@@H]2[C@@H]2C(=O)N(Cc3cccs3)C(=O)[C@@H]2C1. The van der Waals surface area contributed by atoms with E-state index in [1.807, 2.05) is 47.8 Å². The molecular formula is C34H35BINO7S. The predicted octanol–water partition coefficient (Wildman–Crippen LogP) is 6.03. The molecule has 1 aromatic heterocycles. The molecular weight excluding hydrogens is 704 g/mol. The first-order valence-corrected chi connectivity index (χ1v) is 17.0. The number of fused-ring (bicyclic) bond motifs is 3. The number of hydrogen-bond acceptors (Lipinski definition) is 8. The molecule has 2 fully saturated rings.